The Kier molecular flexibility index (Phi) is 5.81. The molecule has 1 N–H and O–H groups in total. The summed E-state index contributed by atoms with van der Waals surface area (Å²) >= 11 is 0. The lowest BCUT2D eigenvalue weighted by atomic mass is 9.52. The van der Waals surface area contributed by atoms with E-state index < -0.39 is 0 Å². The average molecular weight is 414 g/mol. The molecule has 156 valence electrons. The van der Waals surface area contributed by atoms with Gasteiger partial charge in [0.15, 0.2) is 0 Å². The highest BCUT2D eigenvalue weighted by Crippen LogP contribution is 2.56. The Hall–Kier alpha value is -1.71. The number of hydrogen-bond donors (Lipinski definition) is 1. The molecule has 5 rings (SSSR count). The molecule has 2 aromatic carbocycles. The van der Waals surface area contributed by atoms with Crippen molar-refractivity contribution in [1.82, 2.24) is 4.90 Å². The fraction of sp³-hybridized carbons (Fsp3) is 0.520. The Bertz CT molecular complexity index is 852. The summed E-state index contributed by atoms with van der Waals surface area (Å²) in [6, 6.07) is 15.4. The normalized spacial score (nSPS) is 28.0. The molecule has 0 amide bonds. The van der Waals surface area contributed by atoms with Crippen LogP contribution in [0.3, 0.4) is 0 Å². The van der Waals surface area contributed by atoms with E-state index in [2.05, 4.69) is 41.3 Å². The SMILES string of the molecule is COc1ccc(CCN2CC[C@]34CCCC[C@H]3[C@@H]2Cc2ccc(O)cc24)cc1.Cl. The van der Waals surface area contributed by atoms with Crippen molar-refractivity contribution in [3.63, 3.8) is 0 Å². The average Bonchev–Trinajstić information content (AvgIpc) is 2.74. The topological polar surface area (TPSA) is 32.7 Å². The number of rotatable bonds is 4. The maximum atomic E-state index is 10.2. The molecular weight excluding hydrogens is 382 g/mol. The van der Waals surface area contributed by atoms with Crippen molar-refractivity contribution in [3.05, 3.63) is 59.2 Å². The van der Waals surface area contributed by atoms with Gasteiger partial charge in [0.05, 0.1) is 7.11 Å². The van der Waals surface area contributed by atoms with Crippen molar-refractivity contribution in [1.29, 1.82) is 0 Å². The van der Waals surface area contributed by atoms with Crippen LogP contribution in [0.25, 0.3) is 0 Å². The fourth-order valence-electron chi connectivity index (χ4n) is 6.42. The highest BCUT2D eigenvalue weighted by atomic mass is 35.5. The van der Waals surface area contributed by atoms with E-state index in [1.807, 2.05) is 6.07 Å². The van der Waals surface area contributed by atoms with E-state index in [4.69, 9.17) is 4.74 Å². The summed E-state index contributed by atoms with van der Waals surface area (Å²) in [5.41, 5.74) is 4.66. The van der Waals surface area contributed by atoms with Crippen LogP contribution in [0.15, 0.2) is 42.5 Å². The number of likely N-dealkylation sites (tertiary alicyclic amines) is 1. The third-order valence-electron chi connectivity index (χ3n) is 7.78. The number of phenolic OH excluding ortho intramolecular Hbond substituents is 1. The fourth-order valence-corrected chi connectivity index (χ4v) is 6.42. The maximum Gasteiger partial charge on any atom is 0.118 e. The van der Waals surface area contributed by atoms with Gasteiger partial charge in [-0.25, -0.2) is 0 Å². The van der Waals surface area contributed by atoms with Crippen LogP contribution in [0.2, 0.25) is 0 Å². The van der Waals surface area contributed by atoms with E-state index in [1.165, 1.54) is 55.3 Å². The number of benzene rings is 2. The third kappa shape index (κ3) is 3.53. The second-order valence-corrected chi connectivity index (χ2v) is 9.01. The summed E-state index contributed by atoms with van der Waals surface area (Å²) < 4.78 is 5.29. The van der Waals surface area contributed by atoms with E-state index in [0.29, 0.717) is 17.2 Å². The lowest BCUT2D eigenvalue weighted by Crippen LogP contribution is -2.61. The van der Waals surface area contributed by atoms with Crippen LogP contribution in [-0.2, 0) is 18.3 Å². The Morgan fingerprint density at radius 2 is 1.93 bits per heavy atom. The molecule has 2 aliphatic carbocycles. The smallest absolute Gasteiger partial charge is 0.118 e. The zero-order valence-electron chi connectivity index (χ0n) is 17.3. The van der Waals surface area contributed by atoms with Gasteiger partial charge in [-0.3, -0.25) is 4.90 Å². The second-order valence-electron chi connectivity index (χ2n) is 9.01. The number of phenols is 1. The molecule has 2 bridgehead atoms. The minimum atomic E-state index is 0. The van der Waals surface area contributed by atoms with Gasteiger partial charge in [-0.15, -0.1) is 12.4 Å². The van der Waals surface area contributed by atoms with Crippen molar-refractivity contribution in [2.24, 2.45) is 5.92 Å². The molecule has 3 nitrogen and oxygen atoms in total. The standard InChI is InChI=1S/C25H31NO2.ClH/c1-28-21-9-5-18(6-10-21)11-14-26-15-13-25-12-3-2-4-22(25)24(26)16-19-7-8-20(27)17-23(19)25;/h5-10,17,22,24,27H,2-4,11-16H2,1H3;1H/t22-,24-,25+;/m0./s1. The molecule has 1 saturated heterocycles. The molecule has 0 radical (unpaired) electrons. The van der Waals surface area contributed by atoms with Gasteiger partial charge in [-0.1, -0.05) is 31.0 Å². The number of fused-ring (bicyclic) bond motifs is 1. The summed E-state index contributed by atoms with van der Waals surface area (Å²) in [5.74, 6) is 2.12. The molecule has 1 heterocycles. The van der Waals surface area contributed by atoms with Crippen molar-refractivity contribution in [3.8, 4) is 11.5 Å². The Morgan fingerprint density at radius 3 is 2.72 bits per heavy atom. The van der Waals surface area contributed by atoms with E-state index >= 15 is 0 Å². The van der Waals surface area contributed by atoms with Crippen molar-refractivity contribution in [2.75, 3.05) is 20.2 Å². The van der Waals surface area contributed by atoms with Crippen molar-refractivity contribution < 1.29 is 9.84 Å². The molecule has 29 heavy (non-hydrogen) atoms. The number of halogens is 1. The number of hydrogen-bond acceptors (Lipinski definition) is 3. The summed E-state index contributed by atoms with van der Waals surface area (Å²) in [6.07, 6.45) is 8.84. The number of ether oxygens (including phenoxy) is 1. The third-order valence-corrected chi connectivity index (χ3v) is 7.78. The predicted molar refractivity (Wildman–Crippen MR) is 119 cm³/mol. The highest BCUT2D eigenvalue weighted by Gasteiger charge is 2.53. The van der Waals surface area contributed by atoms with Crippen LogP contribution in [0, 0.1) is 5.92 Å². The first-order valence-corrected chi connectivity index (χ1v) is 10.9. The molecule has 3 aliphatic rings. The molecule has 1 saturated carbocycles. The van der Waals surface area contributed by atoms with Crippen molar-refractivity contribution in [2.45, 2.75) is 56.4 Å². The van der Waals surface area contributed by atoms with Crippen LogP contribution >= 0.6 is 12.4 Å². The van der Waals surface area contributed by atoms with Gasteiger partial charge >= 0.3 is 0 Å². The largest absolute Gasteiger partial charge is 0.508 e. The summed E-state index contributed by atoms with van der Waals surface area (Å²) in [4.78, 5) is 2.77. The van der Waals surface area contributed by atoms with Crippen LogP contribution in [0.1, 0.15) is 48.8 Å². The van der Waals surface area contributed by atoms with Gasteiger partial charge in [-0.05, 0) is 85.5 Å². The lowest BCUT2D eigenvalue weighted by molar-refractivity contribution is -0.0106. The van der Waals surface area contributed by atoms with Gasteiger partial charge in [0.25, 0.3) is 0 Å². The first kappa shape index (κ1) is 20.6. The Labute approximate surface area is 180 Å². The molecule has 0 spiro atoms. The Balaban J connectivity index is 0.00000205. The number of piperidine rings is 1. The monoisotopic (exact) mass is 413 g/mol. The lowest BCUT2D eigenvalue weighted by Gasteiger charge is -2.59. The molecule has 2 aromatic rings. The zero-order chi connectivity index (χ0) is 19.1. The molecule has 0 unspecified atom stereocenters. The summed E-state index contributed by atoms with van der Waals surface area (Å²) in [5, 5.41) is 10.2. The van der Waals surface area contributed by atoms with E-state index in [-0.39, 0.29) is 12.4 Å². The first-order chi connectivity index (χ1) is 13.7. The Morgan fingerprint density at radius 1 is 1.10 bits per heavy atom. The van der Waals surface area contributed by atoms with Gasteiger partial charge in [0, 0.05) is 18.0 Å². The van der Waals surface area contributed by atoms with Gasteiger partial charge in [0.2, 0.25) is 0 Å². The molecule has 3 atom stereocenters. The number of methoxy groups -OCH3 is 1. The first-order valence-electron chi connectivity index (χ1n) is 10.9. The molecular formula is C25H32ClNO2. The minimum Gasteiger partial charge on any atom is -0.508 e. The van der Waals surface area contributed by atoms with E-state index in [1.54, 1.807) is 7.11 Å². The zero-order valence-corrected chi connectivity index (χ0v) is 18.1. The minimum absolute atomic E-state index is 0. The quantitative estimate of drug-likeness (QED) is 0.754. The van der Waals surface area contributed by atoms with Crippen LogP contribution in [-0.4, -0.2) is 36.2 Å². The molecule has 1 aliphatic heterocycles. The summed E-state index contributed by atoms with van der Waals surface area (Å²) in [6.45, 7) is 2.32. The van der Waals surface area contributed by atoms with Crippen LogP contribution in [0.5, 0.6) is 11.5 Å². The van der Waals surface area contributed by atoms with Crippen LogP contribution in [0.4, 0.5) is 0 Å². The van der Waals surface area contributed by atoms with Gasteiger partial charge in [-0.2, -0.15) is 0 Å². The van der Waals surface area contributed by atoms with Crippen molar-refractivity contribution >= 4 is 12.4 Å². The molecule has 0 aromatic heterocycles. The van der Waals surface area contributed by atoms with E-state index in [0.717, 1.165) is 31.1 Å². The van der Waals surface area contributed by atoms with Gasteiger partial charge in [0.1, 0.15) is 11.5 Å². The number of aromatic hydroxyl groups is 1. The predicted octanol–water partition coefficient (Wildman–Crippen LogP) is 5.12. The highest BCUT2D eigenvalue weighted by molar-refractivity contribution is 5.85. The maximum absolute atomic E-state index is 10.2. The number of nitrogens with zero attached hydrogens (tertiary/aromatic N) is 1. The van der Waals surface area contributed by atoms with E-state index in [9.17, 15) is 5.11 Å². The van der Waals surface area contributed by atoms with Gasteiger partial charge < -0.3 is 9.84 Å². The van der Waals surface area contributed by atoms with Crippen LogP contribution < -0.4 is 4.74 Å². The molecule has 4 heteroatoms. The molecule has 2 fully saturated rings. The second kappa shape index (κ2) is 8.20. The summed E-state index contributed by atoms with van der Waals surface area (Å²) in [7, 11) is 1.72.